The molecule has 0 aliphatic carbocycles. The van der Waals surface area contributed by atoms with Gasteiger partial charge in [-0.25, -0.2) is 12.8 Å². The average Bonchev–Trinajstić information content (AvgIpc) is 2.87. The first-order valence-corrected chi connectivity index (χ1v) is 13.5. The molecular formula is C28H33FN2O5S. The molecule has 37 heavy (non-hydrogen) atoms. The van der Waals surface area contributed by atoms with Crippen molar-refractivity contribution in [3.05, 3.63) is 84.2 Å². The molecule has 1 atom stereocenters. The number of carbonyl (C=O) groups is 1. The van der Waals surface area contributed by atoms with Crippen molar-refractivity contribution in [3.8, 4) is 11.5 Å². The van der Waals surface area contributed by atoms with Crippen molar-refractivity contribution in [2.75, 3.05) is 24.6 Å². The summed E-state index contributed by atoms with van der Waals surface area (Å²) in [5.74, 6) is 0.524. The van der Waals surface area contributed by atoms with Gasteiger partial charge in [0.1, 0.15) is 23.9 Å². The number of hydrogen-bond acceptors (Lipinski definition) is 5. The van der Waals surface area contributed by atoms with E-state index in [4.69, 9.17) is 9.47 Å². The van der Waals surface area contributed by atoms with E-state index in [0.29, 0.717) is 24.5 Å². The summed E-state index contributed by atoms with van der Waals surface area (Å²) in [4.78, 5) is 13.2. The minimum Gasteiger partial charge on any atom is -0.497 e. The number of nitrogens with one attached hydrogen (secondary N) is 1. The first-order valence-electron chi connectivity index (χ1n) is 12.1. The molecule has 1 amide bonds. The summed E-state index contributed by atoms with van der Waals surface area (Å²) in [7, 11) is -2.59. The second-order valence-electron chi connectivity index (χ2n) is 8.92. The zero-order valence-electron chi connectivity index (χ0n) is 21.5. The Labute approximate surface area is 218 Å². The number of benzene rings is 3. The van der Waals surface area contributed by atoms with Crippen molar-refractivity contribution in [1.29, 1.82) is 0 Å². The predicted molar refractivity (Wildman–Crippen MR) is 142 cm³/mol. The number of methoxy groups -OCH3 is 1. The lowest BCUT2D eigenvalue weighted by atomic mass is 9.97. The van der Waals surface area contributed by atoms with E-state index in [1.807, 2.05) is 45.0 Å². The van der Waals surface area contributed by atoms with Gasteiger partial charge in [-0.15, -0.1) is 0 Å². The van der Waals surface area contributed by atoms with E-state index in [1.54, 1.807) is 31.4 Å². The molecule has 198 valence electrons. The summed E-state index contributed by atoms with van der Waals surface area (Å²) < 4.78 is 52.3. The van der Waals surface area contributed by atoms with E-state index < -0.39 is 28.3 Å². The molecule has 0 bridgehead atoms. The fourth-order valence-corrected chi connectivity index (χ4v) is 5.30. The van der Waals surface area contributed by atoms with Gasteiger partial charge in [0, 0.05) is 0 Å². The van der Waals surface area contributed by atoms with Crippen molar-refractivity contribution in [2.24, 2.45) is 5.92 Å². The molecule has 1 N–H and O–H groups in total. The lowest BCUT2D eigenvalue weighted by molar-refractivity contribution is -0.120. The average molecular weight is 529 g/mol. The van der Waals surface area contributed by atoms with Crippen LogP contribution >= 0.6 is 0 Å². The normalized spacial score (nSPS) is 12.2. The molecule has 3 rings (SSSR count). The summed E-state index contributed by atoms with van der Waals surface area (Å²) in [5, 5.41) is 3.00. The molecule has 3 aromatic rings. The van der Waals surface area contributed by atoms with Crippen LogP contribution in [-0.4, -0.2) is 34.6 Å². The zero-order valence-corrected chi connectivity index (χ0v) is 22.3. The molecule has 3 aromatic carbocycles. The Hall–Kier alpha value is -3.59. The first kappa shape index (κ1) is 28.0. The van der Waals surface area contributed by atoms with Crippen LogP contribution in [0.25, 0.3) is 0 Å². The molecule has 0 unspecified atom stereocenters. The third-order valence-electron chi connectivity index (χ3n) is 5.69. The monoisotopic (exact) mass is 528 g/mol. The van der Waals surface area contributed by atoms with Crippen LogP contribution < -0.4 is 19.1 Å². The summed E-state index contributed by atoms with van der Waals surface area (Å²) >= 11 is 0. The van der Waals surface area contributed by atoms with E-state index in [1.165, 1.54) is 12.1 Å². The molecule has 0 aliphatic rings. The van der Waals surface area contributed by atoms with E-state index in [2.05, 4.69) is 5.32 Å². The van der Waals surface area contributed by atoms with Crippen LogP contribution in [0.4, 0.5) is 10.1 Å². The molecule has 0 saturated heterocycles. The molecule has 0 aliphatic heterocycles. The maximum absolute atomic E-state index is 13.6. The Bertz CT molecular complexity index is 1260. The van der Waals surface area contributed by atoms with Crippen molar-refractivity contribution >= 4 is 21.6 Å². The van der Waals surface area contributed by atoms with Gasteiger partial charge in [-0.05, 0) is 85.5 Å². The number of amides is 1. The number of ether oxygens (including phenoxy) is 2. The number of hydrogen-bond donors (Lipinski definition) is 1. The summed E-state index contributed by atoms with van der Waals surface area (Å²) in [5.41, 5.74) is 1.17. The van der Waals surface area contributed by atoms with Gasteiger partial charge in [0.05, 0.1) is 30.3 Å². The van der Waals surface area contributed by atoms with Crippen LogP contribution in [0.2, 0.25) is 0 Å². The number of sulfonamides is 1. The van der Waals surface area contributed by atoms with Crippen LogP contribution in [0.3, 0.4) is 0 Å². The Morgan fingerprint density at radius 3 is 2.08 bits per heavy atom. The fraction of sp³-hybridized carbons (Fsp3) is 0.321. The topological polar surface area (TPSA) is 84.9 Å². The molecule has 0 heterocycles. The van der Waals surface area contributed by atoms with E-state index in [9.17, 15) is 17.6 Å². The minimum absolute atomic E-state index is 0.121. The van der Waals surface area contributed by atoms with Gasteiger partial charge < -0.3 is 14.8 Å². The second kappa shape index (κ2) is 12.6. The maximum Gasteiger partial charge on any atom is 0.264 e. The number of nitrogens with zero attached hydrogens (tertiary/aromatic N) is 1. The molecule has 0 aromatic heterocycles. The van der Waals surface area contributed by atoms with E-state index in [0.717, 1.165) is 22.0 Å². The third-order valence-corrected chi connectivity index (χ3v) is 7.47. The van der Waals surface area contributed by atoms with E-state index >= 15 is 0 Å². The quantitative estimate of drug-likeness (QED) is 0.343. The van der Waals surface area contributed by atoms with Crippen molar-refractivity contribution in [3.63, 3.8) is 0 Å². The summed E-state index contributed by atoms with van der Waals surface area (Å²) in [6.07, 6.45) is 0.659. The van der Waals surface area contributed by atoms with Gasteiger partial charge >= 0.3 is 0 Å². The van der Waals surface area contributed by atoms with Crippen LogP contribution in [0.1, 0.15) is 38.8 Å². The lowest BCUT2D eigenvalue weighted by Crippen LogP contribution is -2.42. The highest BCUT2D eigenvalue weighted by molar-refractivity contribution is 7.92. The molecule has 0 spiro atoms. The number of anilines is 1. The predicted octanol–water partition coefficient (Wildman–Crippen LogP) is 5.33. The molecule has 0 saturated carbocycles. The Morgan fingerprint density at radius 1 is 0.946 bits per heavy atom. The highest BCUT2D eigenvalue weighted by atomic mass is 32.2. The Kier molecular flexibility index (Phi) is 9.52. The van der Waals surface area contributed by atoms with Gasteiger partial charge in [0.15, 0.2) is 0 Å². The highest BCUT2D eigenvalue weighted by Crippen LogP contribution is 2.27. The highest BCUT2D eigenvalue weighted by Gasteiger charge is 2.28. The van der Waals surface area contributed by atoms with Crippen LogP contribution in [-0.2, 0) is 14.8 Å². The van der Waals surface area contributed by atoms with Crippen LogP contribution in [0, 0.1) is 11.7 Å². The van der Waals surface area contributed by atoms with Crippen molar-refractivity contribution in [2.45, 2.75) is 38.1 Å². The number of carbonyl (C=O) groups excluding carboxylic acids is 1. The van der Waals surface area contributed by atoms with Crippen molar-refractivity contribution in [1.82, 2.24) is 5.32 Å². The summed E-state index contributed by atoms with van der Waals surface area (Å²) in [6.45, 7) is 5.95. The maximum atomic E-state index is 13.6. The minimum atomic E-state index is -4.18. The standard InChI is InChI=1S/C28H33FN2O5S/c1-5-36-25-14-10-23(11-15-25)31(37(33,34)26-16-8-22(29)9-17-26)19-28(32)30-27(18-20(2)3)21-6-12-24(35-4)13-7-21/h6-17,20,27H,5,18-19H2,1-4H3,(H,30,32)/t27-/m0/s1. The van der Waals surface area contributed by atoms with Crippen LogP contribution in [0.5, 0.6) is 11.5 Å². The van der Waals surface area contributed by atoms with Gasteiger partial charge in [-0.1, -0.05) is 26.0 Å². The Balaban J connectivity index is 1.92. The van der Waals surface area contributed by atoms with Gasteiger partial charge in [-0.3, -0.25) is 9.10 Å². The molecule has 7 nitrogen and oxygen atoms in total. The number of halogens is 1. The lowest BCUT2D eigenvalue weighted by Gasteiger charge is -2.27. The molecule has 9 heteroatoms. The van der Waals surface area contributed by atoms with Crippen molar-refractivity contribution < 1.29 is 27.1 Å². The van der Waals surface area contributed by atoms with Gasteiger partial charge in [-0.2, -0.15) is 0 Å². The molecule has 0 radical (unpaired) electrons. The van der Waals surface area contributed by atoms with Gasteiger partial charge in [0.25, 0.3) is 10.0 Å². The smallest absolute Gasteiger partial charge is 0.264 e. The Morgan fingerprint density at radius 2 is 1.54 bits per heavy atom. The summed E-state index contributed by atoms with van der Waals surface area (Å²) in [6, 6.07) is 18.0. The number of rotatable bonds is 12. The third kappa shape index (κ3) is 7.45. The van der Waals surface area contributed by atoms with Crippen LogP contribution in [0.15, 0.2) is 77.7 Å². The van der Waals surface area contributed by atoms with E-state index in [-0.39, 0.29) is 22.5 Å². The largest absolute Gasteiger partial charge is 0.497 e. The van der Waals surface area contributed by atoms with Gasteiger partial charge in [0.2, 0.25) is 5.91 Å². The second-order valence-corrected chi connectivity index (χ2v) is 10.8. The molecule has 0 fully saturated rings. The first-order chi connectivity index (χ1) is 17.6. The molecular weight excluding hydrogens is 495 g/mol. The fourth-order valence-electron chi connectivity index (χ4n) is 3.88. The SMILES string of the molecule is CCOc1ccc(N(CC(=O)N[C@@H](CC(C)C)c2ccc(OC)cc2)S(=O)(=O)c2ccc(F)cc2)cc1. The zero-order chi connectivity index (χ0) is 27.0.